The van der Waals surface area contributed by atoms with Gasteiger partial charge in [0.25, 0.3) is 0 Å². The van der Waals surface area contributed by atoms with Crippen molar-refractivity contribution in [1.82, 2.24) is 0 Å². The van der Waals surface area contributed by atoms with Crippen LogP contribution in [-0.4, -0.2) is 12.1 Å². The van der Waals surface area contributed by atoms with Crippen LogP contribution in [-0.2, 0) is 0 Å². The van der Waals surface area contributed by atoms with Crippen molar-refractivity contribution in [3.8, 4) is 5.75 Å². The molecule has 0 bridgehead atoms. The third kappa shape index (κ3) is 2.01. The minimum absolute atomic E-state index is 0.381. The highest BCUT2D eigenvalue weighted by molar-refractivity contribution is 5.63. The number of anilines is 1. The Morgan fingerprint density at radius 2 is 1.94 bits per heavy atom. The van der Waals surface area contributed by atoms with Gasteiger partial charge in [0.05, 0.1) is 11.7 Å². The fourth-order valence-corrected chi connectivity index (χ4v) is 3.15. The summed E-state index contributed by atoms with van der Waals surface area (Å²) < 4.78 is 6.24. The van der Waals surface area contributed by atoms with Gasteiger partial charge in [0.2, 0.25) is 0 Å². The number of ether oxygens (including phenoxy) is 1. The van der Waals surface area contributed by atoms with Gasteiger partial charge in [-0.2, -0.15) is 0 Å². The Morgan fingerprint density at radius 1 is 1.12 bits per heavy atom. The van der Waals surface area contributed by atoms with Crippen LogP contribution in [0, 0.1) is 13.8 Å². The number of rotatable bonds is 0. The van der Waals surface area contributed by atoms with Crippen molar-refractivity contribution >= 4 is 5.69 Å². The molecule has 0 aromatic heterocycles. The number of hydrogen-bond acceptors (Lipinski definition) is 2. The van der Waals surface area contributed by atoms with E-state index in [2.05, 4.69) is 31.3 Å². The van der Waals surface area contributed by atoms with E-state index in [4.69, 9.17) is 4.74 Å². The largest absolute Gasteiger partial charge is 0.486 e. The van der Waals surface area contributed by atoms with Gasteiger partial charge in [-0.25, -0.2) is 0 Å². The molecule has 1 N–H and O–H groups in total. The number of hydrogen-bond donors (Lipinski definition) is 1. The van der Waals surface area contributed by atoms with Crippen LogP contribution in [0.5, 0.6) is 5.75 Å². The average molecular weight is 231 g/mol. The second-order valence-electron chi connectivity index (χ2n) is 5.50. The normalized spacial score (nSPS) is 27.2. The van der Waals surface area contributed by atoms with Crippen molar-refractivity contribution in [3.05, 3.63) is 23.3 Å². The first kappa shape index (κ1) is 10.9. The van der Waals surface area contributed by atoms with E-state index in [1.165, 1.54) is 48.9 Å². The fraction of sp³-hybridized carbons (Fsp3) is 0.600. The van der Waals surface area contributed by atoms with Crippen LogP contribution in [0.3, 0.4) is 0 Å². The van der Waals surface area contributed by atoms with Crippen LogP contribution >= 0.6 is 0 Å². The standard InChI is InChI=1S/C15H21NO/c1-10-8-11(2)15-13(9-10)16-12-6-4-3-5-7-14(12)17-15/h8-9,12,14,16H,3-7H2,1-2H3. The van der Waals surface area contributed by atoms with Crippen LogP contribution in [0.4, 0.5) is 5.69 Å². The number of fused-ring (bicyclic) bond motifs is 2. The molecule has 1 aromatic carbocycles. The summed E-state index contributed by atoms with van der Waals surface area (Å²) in [4.78, 5) is 0. The van der Waals surface area contributed by atoms with Gasteiger partial charge >= 0.3 is 0 Å². The average Bonchev–Trinajstić information content (AvgIpc) is 2.51. The van der Waals surface area contributed by atoms with Crippen LogP contribution in [0.1, 0.15) is 43.2 Å². The highest BCUT2D eigenvalue weighted by Gasteiger charge is 2.31. The van der Waals surface area contributed by atoms with Crippen LogP contribution in [0.15, 0.2) is 12.1 Å². The van der Waals surface area contributed by atoms with Crippen molar-refractivity contribution in [2.75, 3.05) is 5.32 Å². The van der Waals surface area contributed by atoms with Gasteiger partial charge in [-0.3, -0.25) is 0 Å². The maximum atomic E-state index is 6.24. The van der Waals surface area contributed by atoms with E-state index in [-0.39, 0.29) is 0 Å². The quantitative estimate of drug-likeness (QED) is 0.733. The Bertz CT molecular complexity index is 427. The highest BCUT2D eigenvalue weighted by Crippen LogP contribution is 2.38. The third-order valence-electron chi connectivity index (χ3n) is 3.98. The summed E-state index contributed by atoms with van der Waals surface area (Å²) >= 11 is 0. The summed E-state index contributed by atoms with van der Waals surface area (Å²) in [7, 11) is 0. The van der Waals surface area contributed by atoms with Gasteiger partial charge in [0.15, 0.2) is 0 Å². The Morgan fingerprint density at radius 3 is 2.82 bits per heavy atom. The lowest BCUT2D eigenvalue weighted by Crippen LogP contribution is -2.40. The molecule has 1 aliphatic carbocycles. The van der Waals surface area contributed by atoms with E-state index in [0.717, 1.165) is 5.75 Å². The lowest BCUT2D eigenvalue weighted by Gasteiger charge is -2.35. The van der Waals surface area contributed by atoms with Crippen molar-refractivity contribution in [2.24, 2.45) is 0 Å². The Balaban J connectivity index is 1.95. The molecule has 1 fully saturated rings. The van der Waals surface area contributed by atoms with Crippen molar-refractivity contribution < 1.29 is 4.74 Å². The zero-order chi connectivity index (χ0) is 11.8. The summed E-state index contributed by atoms with van der Waals surface area (Å²) in [5.41, 5.74) is 3.77. The molecule has 2 unspecified atom stereocenters. The minimum atomic E-state index is 0.381. The lowest BCUT2D eigenvalue weighted by atomic mass is 10.0. The van der Waals surface area contributed by atoms with Crippen LogP contribution in [0.2, 0.25) is 0 Å². The molecule has 0 spiro atoms. The van der Waals surface area contributed by atoms with Gasteiger partial charge in [-0.05, 0) is 50.3 Å². The second-order valence-corrected chi connectivity index (χ2v) is 5.50. The van der Waals surface area contributed by atoms with Gasteiger partial charge in [0.1, 0.15) is 11.9 Å². The molecule has 1 saturated carbocycles. The molecule has 2 heteroatoms. The summed E-state index contributed by atoms with van der Waals surface area (Å²) in [6, 6.07) is 4.94. The third-order valence-corrected chi connectivity index (χ3v) is 3.98. The number of benzene rings is 1. The Hall–Kier alpha value is -1.18. The molecule has 0 radical (unpaired) electrons. The maximum absolute atomic E-state index is 6.24. The van der Waals surface area contributed by atoms with Crippen molar-refractivity contribution in [3.63, 3.8) is 0 Å². The molecule has 0 saturated heterocycles. The van der Waals surface area contributed by atoms with Crippen molar-refractivity contribution in [2.45, 2.75) is 58.1 Å². The molecule has 2 aliphatic rings. The number of nitrogens with one attached hydrogen (secondary N) is 1. The topological polar surface area (TPSA) is 21.3 Å². The SMILES string of the molecule is Cc1cc(C)c2c(c1)NC1CCCCCC1O2. The summed E-state index contributed by atoms with van der Waals surface area (Å²) in [5.74, 6) is 1.08. The molecule has 2 atom stereocenters. The first-order valence-corrected chi connectivity index (χ1v) is 6.78. The van der Waals surface area contributed by atoms with E-state index < -0.39 is 0 Å². The Kier molecular flexibility index (Phi) is 2.73. The van der Waals surface area contributed by atoms with E-state index in [1.807, 2.05) is 0 Å². The molecule has 1 aromatic rings. The predicted molar refractivity (Wildman–Crippen MR) is 70.8 cm³/mol. The van der Waals surface area contributed by atoms with E-state index in [9.17, 15) is 0 Å². The molecule has 3 rings (SSSR count). The van der Waals surface area contributed by atoms with E-state index in [1.54, 1.807) is 0 Å². The lowest BCUT2D eigenvalue weighted by molar-refractivity contribution is 0.159. The summed E-state index contributed by atoms with van der Waals surface area (Å²) in [6.07, 6.45) is 6.82. The van der Waals surface area contributed by atoms with Gasteiger partial charge in [0, 0.05) is 0 Å². The van der Waals surface area contributed by atoms with Gasteiger partial charge in [-0.15, -0.1) is 0 Å². The fourth-order valence-electron chi connectivity index (χ4n) is 3.15. The molecule has 17 heavy (non-hydrogen) atoms. The molecule has 92 valence electrons. The highest BCUT2D eigenvalue weighted by atomic mass is 16.5. The van der Waals surface area contributed by atoms with Gasteiger partial charge < -0.3 is 10.1 Å². The molecule has 1 heterocycles. The van der Waals surface area contributed by atoms with Crippen LogP contribution < -0.4 is 10.1 Å². The monoisotopic (exact) mass is 231 g/mol. The molecule has 0 amide bonds. The molecular formula is C15H21NO. The minimum Gasteiger partial charge on any atom is -0.486 e. The smallest absolute Gasteiger partial charge is 0.145 e. The maximum Gasteiger partial charge on any atom is 0.145 e. The molecule has 2 nitrogen and oxygen atoms in total. The zero-order valence-electron chi connectivity index (χ0n) is 10.8. The summed E-state index contributed by atoms with van der Waals surface area (Å²) in [6.45, 7) is 4.29. The molecular weight excluding hydrogens is 210 g/mol. The Labute approximate surface area is 103 Å². The zero-order valence-corrected chi connectivity index (χ0v) is 10.8. The van der Waals surface area contributed by atoms with E-state index >= 15 is 0 Å². The first-order chi connectivity index (χ1) is 8.24. The van der Waals surface area contributed by atoms with Gasteiger partial charge in [-0.1, -0.05) is 18.9 Å². The van der Waals surface area contributed by atoms with Crippen LogP contribution in [0.25, 0.3) is 0 Å². The molecule has 1 aliphatic heterocycles. The number of aryl methyl sites for hydroxylation is 2. The second kappa shape index (κ2) is 4.25. The summed E-state index contributed by atoms with van der Waals surface area (Å²) in [5, 5.41) is 3.70. The van der Waals surface area contributed by atoms with Crippen molar-refractivity contribution in [1.29, 1.82) is 0 Å². The van der Waals surface area contributed by atoms with E-state index in [0.29, 0.717) is 12.1 Å². The predicted octanol–water partition coefficient (Wildman–Crippen LogP) is 3.81. The first-order valence-electron chi connectivity index (χ1n) is 6.78.